The molecule has 0 bridgehead atoms. The van der Waals surface area contributed by atoms with Gasteiger partial charge in [0.25, 0.3) is 0 Å². The van der Waals surface area contributed by atoms with Crippen LogP contribution in [-0.4, -0.2) is 20.3 Å². The number of phenols is 1. The largest absolute Gasteiger partial charge is 0.507 e. The monoisotopic (exact) mass is 360 g/mol. The van der Waals surface area contributed by atoms with Gasteiger partial charge in [0.05, 0.1) is 5.69 Å². The molecule has 2 aromatic rings. The van der Waals surface area contributed by atoms with Crippen LogP contribution in [0.2, 0.25) is 0 Å². The predicted octanol–water partition coefficient (Wildman–Crippen LogP) is 6.19. The van der Waals surface area contributed by atoms with Gasteiger partial charge in [0, 0.05) is 27.6 Å². The lowest BCUT2D eigenvalue weighted by Gasteiger charge is -2.28. The second-order valence-electron chi connectivity index (χ2n) is 9.10. The molecule has 0 spiro atoms. The molecule has 1 heterocycles. The molecule has 0 atom stereocenters. The van der Waals surface area contributed by atoms with E-state index in [2.05, 4.69) is 79.4 Å². The molecule has 2 N–H and O–H groups in total. The average Bonchev–Trinajstić information content (AvgIpc) is 2.76. The van der Waals surface area contributed by atoms with Gasteiger partial charge in [0.1, 0.15) is 5.75 Å². The Balaban J connectivity index is 2.68. The molecule has 2 rings (SSSR count). The lowest BCUT2D eigenvalue weighted by molar-refractivity contribution is 0.423. The van der Waals surface area contributed by atoms with Crippen LogP contribution in [0.25, 0.3) is 11.3 Å². The summed E-state index contributed by atoms with van der Waals surface area (Å²) >= 11 is 1.73. The SMILES string of the molecule is Cc1[nH]c(SC(C)C)nc1-c1cc(C(C)(C)C)c(O)c(C(C)(C)C)c1. The Morgan fingerprint density at radius 1 is 1.00 bits per heavy atom. The van der Waals surface area contributed by atoms with Gasteiger partial charge in [0.2, 0.25) is 0 Å². The summed E-state index contributed by atoms with van der Waals surface area (Å²) in [7, 11) is 0. The first kappa shape index (κ1) is 19.9. The van der Waals surface area contributed by atoms with Gasteiger partial charge >= 0.3 is 0 Å². The van der Waals surface area contributed by atoms with E-state index < -0.39 is 0 Å². The molecule has 0 aliphatic rings. The number of rotatable bonds is 3. The maximum atomic E-state index is 10.9. The van der Waals surface area contributed by atoms with Crippen LogP contribution in [0, 0.1) is 6.92 Å². The van der Waals surface area contributed by atoms with Crippen LogP contribution in [0.1, 0.15) is 72.2 Å². The third-order valence-corrected chi connectivity index (χ3v) is 5.10. The van der Waals surface area contributed by atoms with E-state index in [9.17, 15) is 5.11 Å². The maximum Gasteiger partial charge on any atom is 0.166 e. The second-order valence-corrected chi connectivity index (χ2v) is 10.7. The van der Waals surface area contributed by atoms with E-state index in [1.165, 1.54) is 0 Å². The quantitative estimate of drug-likeness (QED) is 0.642. The zero-order chi connectivity index (χ0) is 19.2. The summed E-state index contributed by atoms with van der Waals surface area (Å²) in [6, 6.07) is 4.19. The number of phenolic OH excluding ortho intramolecular Hbond substituents is 1. The third kappa shape index (κ3) is 4.41. The van der Waals surface area contributed by atoms with Crippen molar-refractivity contribution in [3.05, 3.63) is 29.0 Å². The number of benzene rings is 1. The van der Waals surface area contributed by atoms with Crippen LogP contribution in [0.3, 0.4) is 0 Å². The number of aromatic hydroxyl groups is 1. The first-order chi connectivity index (χ1) is 11.3. The number of nitrogens with zero attached hydrogens (tertiary/aromatic N) is 1. The van der Waals surface area contributed by atoms with Crippen molar-refractivity contribution in [2.75, 3.05) is 0 Å². The highest BCUT2D eigenvalue weighted by Crippen LogP contribution is 2.42. The Labute approximate surface area is 156 Å². The highest BCUT2D eigenvalue weighted by Gasteiger charge is 2.27. The van der Waals surface area contributed by atoms with E-state index in [0.717, 1.165) is 33.2 Å². The molecule has 25 heavy (non-hydrogen) atoms. The van der Waals surface area contributed by atoms with Crippen LogP contribution in [0.15, 0.2) is 17.3 Å². The molecule has 3 nitrogen and oxygen atoms in total. The summed E-state index contributed by atoms with van der Waals surface area (Å²) < 4.78 is 0. The van der Waals surface area contributed by atoms with E-state index in [4.69, 9.17) is 4.98 Å². The van der Waals surface area contributed by atoms with Gasteiger partial charge in [-0.15, -0.1) is 0 Å². The van der Waals surface area contributed by atoms with Crippen LogP contribution in [-0.2, 0) is 10.8 Å². The van der Waals surface area contributed by atoms with Crippen molar-refractivity contribution in [2.24, 2.45) is 0 Å². The predicted molar refractivity (Wildman–Crippen MR) is 109 cm³/mol. The summed E-state index contributed by atoms with van der Waals surface area (Å²) in [6.45, 7) is 19.2. The number of aromatic amines is 1. The molecule has 1 aromatic carbocycles. The van der Waals surface area contributed by atoms with Crippen molar-refractivity contribution >= 4 is 11.8 Å². The van der Waals surface area contributed by atoms with Gasteiger partial charge in [-0.3, -0.25) is 0 Å². The van der Waals surface area contributed by atoms with Crippen molar-refractivity contribution in [2.45, 2.75) is 83.5 Å². The van der Waals surface area contributed by atoms with Crippen LogP contribution < -0.4 is 0 Å². The van der Waals surface area contributed by atoms with Crippen LogP contribution in [0.4, 0.5) is 0 Å². The van der Waals surface area contributed by atoms with Crippen LogP contribution >= 0.6 is 11.8 Å². The Bertz CT molecular complexity index is 726. The fraction of sp³-hybridized carbons (Fsp3) is 0.571. The first-order valence-electron chi connectivity index (χ1n) is 8.92. The van der Waals surface area contributed by atoms with Gasteiger partial charge in [-0.1, -0.05) is 67.2 Å². The molecule has 0 fully saturated rings. The number of hydrogen-bond acceptors (Lipinski definition) is 3. The molecule has 0 unspecified atom stereocenters. The number of hydrogen-bond donors (Lipinski definition) is 2. The van der Waals surface area contributed by atoms with Crippen molar-refractivity contribution in [3.63, 3.8) is 0 Å². The Morgan fingerprint density at radius 2 is 1.48 bits per heavy atom. The number of aryl methyl sites for hydroxylation is 1. The van der Waals surface area contributed by atoms with E-state index in [1.54, 1.807) is 11.8 Å². The van der Waals surface area contributed by atoms with Crippen molar-refractivity contribution in [1.82, 2.24) is 9.97 Å². The van der Waals surface area contributed by atoms with E-state index in [-0.39, 0.29) is 10.8 Å². The normalized spacial score (nSPS) is 12.9. The summed E-state index contributed by atoms with van der Waals surface area (Å²) in [5, 5.41) is 12.3. The van der Waals surface area contributed by atoms with Crippen LogP contribution in [0.5, 0.6) is 5.75 Å². The Hall–Kier alpha value is -1.42. The first-order valence-corrected chi connectivity index (χ1v) is 9.80. The summed E-state index contributed by atoms with van der Waals surface area (Å²) in [5.41, 5.74) is 4.76. The zero-order valence-electron chi connectivity index (χ0n) is 17.0. The van der Waals surface area contributed by atoms with E-state index in [1.807, 2.05) is 0 Å². The minimum Gasteiger partial charge on any atom is -0.507 e. The topological polar surface area (TPSA) is 48.9 Å². The Morgan fingerprint density at radius 3 is 1.88 bits per heavy atom. The summed E-state index contributed by atoms with van der Waals surface area (Å²) in [5.74, 6) is 0.411. The molecule has 138 valence electrons. The lowest BCUT2D eigenvalue weighted by Crippen LogP contribution is -2.17. The molecule has 0 saturated heterocycles. The van der Waals surface area contributed by atoms with Gasteiger partial charge in [0.15, 0.2) is 5.16 Å². The lowest BCUT2D eigenvalue weighted by atomic mass is 9.78. The van der Waals surface area contributed by atoms with Crippen molar-refractivity contribution in [3.8, 4) is 17.0 Å². The van der Waals surface area contributed by atoms with Crippen molar-refractivity contribution in [1.29, 1.82) is 0 Å². The number of imidazole rings is 1. The zero-order valence-corrected chi connectivity index (χ0v) is 17.9. The highest BCUT2D eigenvalue weighted by molar-refractivity contribution is 7.99. The minimum absolute atomic E-state index is 0.139. The van der Waals surface area contributed by atoms with Crippen molar-refractivity contribution < 1.29 is 5.11 Å². The summed E-state index contributed by atoms with van der Waals surface area (Å²) in [6.07, 6.45) is 0. The van der Waals surface area contributed by atoms with Gasteiger partial charge in [-0.2, -0.15) is 0 Å². The second kappa shape index (κ2) is 6.71. The highest BCUT2D eigenvalue weighted by atomic mass is 32.2. The third-order valence-electron chi connectivity index (χ3n) is 4.21. The standard InChI is InChI=1S/C21H32N2OS/c1-12(2)25-19-22-13(3)17(23-19)14-10-15(20(4,5)6)18(24)16(11-14)21(7,8)9/h10-12,24H,1-9H3,(H,22,23). The van der Waals surface area contributed by atoms with E-state index >= 15 is 0 Å². The number of H-pyrrole nitrogens is 1. The molecular weight excluding hydrogens is 328 g/mol. The molecule has 0 amide bonds. The maximum absolute atomic E-state index is 10.9. The van der Waals surface area contributed by atoms with Gasteiger partial charge in [-0.05, 0) is 29.9 Å². The molecule has 4 heteroatoms. The van der Waals surface area contributed by atoms with E-state index in [0.29, 0.717) is 11.0 Å². The van der Waals surface area contributed by atoms with Gasteiger partial charge in [-0.25, -0.2) is 4.98 Å². The molecule has 0 saturated carbocycles. The fourth-order valence-corrected chi connectivity index (χ4v) is 3.71. The number of aromatic nitrogens is 2. The average molecular weight is 361 g/mol. The van der Waals surface area contributed by atoms with Gasteiger partial charge < -0.3 is 10.1 Å². The fourth-order valence-electron chi connectivity index (χ4n) is 2.91. The minimum atomic E-state index is -0.139. The molecule has 0 aliphatic heterocycles. The number of thioether (sulfide) groups is 1. The molecule has 0 aliphatic carbocycles. The smallest absolute Gasteiger partial charge is 0.166 e. The Kier molecular flexibility index (Phi) is 5.34. The molecule has 0 radical (unpaired) electrons. The number of nitrogens with one attached hydrogen (secondary N) is 1. The molecule has 1 aromatic heterocycles. The summed E-state index contributed by atoms with van der Waals surface area (Å²) in [4.78, 5) is 8.22. The molecular formula is C21H32N2OS.